The van der Waals surface area contributed by atoms with Crippen LogP contribution in [-0.4, -0.2) is 4.98 Å². The van der Waals surface area contributed by atoms with Crippen molar-refractivity contribution in [3.05, 3.63) is 146 Å². The Morgan fingerprint density at radius 3 is 1.59 bits per heavy atom. The van der Waals surface area contributed by atoms with Gasteiger partial charge in [0.1, 0.15) is 5.82 Å². The molecule has 0 aliphatic heterocycles. The largest absolute Gasteiger partial charge is 0.293 e. The standard InChI is InChI=1S/C35H24N2/c1-3-14-26(15-4-1)33-29-19-9-11-21-31(29)34(32-22-12-10-20-30(32)33)37(27-16-5-2-6-17-27)35-28-18-8-7-13-25(28)23-24-36-35/h1-24H. The second kappa shape index (κ2) is 8.92. The van der Waals surface area contributed by atoms with Crippen LogP contribution >= 0.6 is 0 Å². The SMILES string of the molecule is c1ccc(-c2c3ccccc3c(N(c3ccccc3)c3nccc4ccccc34)c3ccccc23)cc1. The topological polar surface area (TPSA) is 16.1 Å². The van der Waals surface area contributed by atoms with Gasteiger partial charge in [-0.15, -0.1) is 0 Å². The van der Waals surface area contributed by atoms with E-state index in [1.165, 1.54) is 38.1 Å². The maximum absolute atomic E-state index is 4.98. The fraction of sp³-hybridized carbons (Fsp3) is 0. The average molecular weight is 473 g/mol. The van der Waals surface area contributed by atoms with Gasteiger partial charge < -0.3 is 0 Å². The lowest BCUT2D eigenvalue weighted by atomic mass is 9.90. The first-order valence-corrected chi connectivity index (χ1v) is 12.6. The fourth-order valence-corrected chi connectivity index (χ4v) is 5.48. The monoisotopic (exact) mass is 472 g/mol. The van der Waals surface area contributed by atoms with Crippen LogP contribution in [0.1, 0.15) is 0 Å². The van der Waals surface area contributed by atoms with Crippen molar-refractivity contribution in [2.75, 3.05) is 4.90 Å². The van der Waals surface area contributed by atoms with Gasteiger partial charge in [-0.1, -0.05) is 121 Å². The molecule has 2 heteroatoms. The molecule has 0 N–H and O–H groups in total. The minimum Gasteiger partial charge on any atom is -0.293 e. The van der Waals surface area contributed by atoms with Crippen LogP contribution in [0.15, 0.2) is 146 Å². The Hall–Kier alpha value is -4.95. The molecule has 2 nitrogen and oxygen atoms in total. The van der Waals surface area contributed by atoms with Crippen LogP contribution in [0.2, 0.25) is 0 Å². The summed E-state index contributed by atoms with van der Waals surface area (Å²) in [5.41, 5.74) is 4.69. The molecule has 37 heavy (non-hydrogen) atoms. The van der Waals surface area contributed by atoms with Crippen LogP contribution < -0.4 is 4.90 Å². The van der Waals surface area contributed by atoms with Crippen LogP contribution in [0.4, 0.5) is 17.2 Å². The highest BCUT2D eigenvalue weighted by atomic mass is 15.2. The molecule has 174 valence electrons. The Morgan fingerprint density at radius 1 is 0.432 bits per heavy atom. The van der Waals surface area contributed by atoms with Crippen molar-refractivity contribution in [2.45, 2.75) is 0 Å². The van der Waals surface area contributed by atoms with Gasteiger partial charge in [0.15, 0.2) is 0 Å². The van der Waals surface area contributed by atoms with Gasteiger partial charge in [0.2, 0.25) is 0 Å². The van der Waals surface area contributed by atoms with E-state index in [1.807, 2.05) is 6.20 Å². The summed E-state index contributed by atoms with van der Waals surface area (Å²) >= 11 is 0. The molecular formula is C35H24N2. The maximum Gasteiger partial charge on any atom is 0.145 e. The lowest BCUT2D eigenvalue weighted by Gasteiger charge is -2.29. The number of hydrogen-bond acceptors (Lipinski definition) is 2. The molecule has 7 rings (SSSR count). The minimum absolute atomic E-state index is 0.923. The van der Waals surface area contributed by atoms with Crippen LogP contribution in [-0.2, 0) is 0 Å². The predicted octanol–water partition coefficient (Wildman–Crippen LogP) is 9.68. The second-order valence-corrected chi connectivity index (χ2v) is 9.21. The number of aromatic nitrogens is 1. The number of fused-ring (bicyclic) bond motifs is 3. The van der Waals surface area contributed by atoms with E-state index in [1.54, 1.807) is 0 Å². The van der Waals surface area contributed by atoms with Gasteiger partial charge in [-0.3, -0.25) is 4.90 Å². The molecule has 0 fully saturated rings. The Morgan fingerprint density at radius 2 is 0.946 bits per heavy atom. The quantitative estimate of drug-likeness (QED) is 0.237. The molecule has 7 aromatic rings. The van der Waals surface area contributed by atoms with Crippen LogP contribution in [0.3, 0.4) is 0 Å². The molecule has 0 bridgehead atoms. The summed E-state index contributed by atoms with van der Waals surface area (Å²) in [6.07, 6.45) is 1.91. The third-order valence-corrected chi connectivity index (χ3v) is 7.07. The van der Waals surface area contributed by atoms with Crippen molar-refractivity contribution in [3.63, 3.8) is 0 Å². The van der Waals surface area contributed by atoms with E-state index >= 15 is 0 Å². The zero-order chi connectivity index (χ0) is 24.6. The number of anilines is 3. The van der Waals surface area contributed by atoms with Gasteiger partial charge in [-0.25, -0.2) is 4.98 Å². The summed E-state index contributed by atoms with van der Waals surface area (Å²) in [5, 5.41) is 7.13. The molecule has 0 unspecified atom stereocenters. The van der Waals surface area contributed by atoms with Gasteiger partial charge in [-0.05, 0) is 45.5 Å². The van der Waals surface area contributed by atoms with Gasteiger partial charge in [-0.2, -0.15) is 0 Å². The molecule has 0 saturated carbocycles. The average Bonchev–Trinajstić information content (AvgIpc) is 2.98. The summed E-state index contributed by atoms with van der Waals surface area (Å²) < 4.78 is 0. The number of nitrogens with zero attached hydrogens (tertiary/aromatic N) is 2. The summed E-state index contributed by atoms with van der Waals surface area (Å²) in [7, 11) is 0. The zero-order valence-electron chi connectivity index (χ0n) is 20.3. The van der Waals surface area contributed by atoms with Crippen molar-refractivity contribution in [1.82, 2.24) is 4.98 Å². The number of para-hydroxylation sites is 1. The highest BCUT2D eigenvalue weighted by Gasteiger charge is 2.23. The first-order valence-electron chi connectivity index (χ1n) is 12.6. The molecule has 0 saturated heterocycles. The minimum atomic E-state index is 0.923. The molecular weight excluding hydrogens is 448 g/mol. The Labute approximate surface area is 216 Å². The highest BCUT2D eigenvalue weighted by molar-refractivity contribution is 6.22. The first-order chi connectivity index (χ1) is 18.4. The smallest absolute Gasteiger partial charge is 0.145 e. The van der Waals surface area contributed by atoms with Gasteiger partial charge >= 0.3 is 0 Å². The molecule has 6 aromatic carbocycles. The molecule has 0 aliphatic carbocycles. The van der Waals surface area contributed by atoms with E-state index in [0.29, 0.717) is 0 Å². The zero-order valence-corrected chi connectivity index (χ0v) is 20.3. The van der Waals surface area contributed by atoms with Gasteiger partial charge in [0.05, 0.1) is 5.69 Å². The molecule has 0 radical (unpaired) electrons. The molecule has 1 aromatic heterocycles. The van der Waals surface area contributed by atoms with Crippen LogP contribution in [0.5, 0.6) is 0 Å². The second-order valence-electron chi connectivity index (χ2n) is 9.21. The Kier molecular flexibility index (Phi) is 5.15. The van der Waals surface area contributed by atoms with E-state index < -0.39 is 0 Å². The highest BCUT2D eigenvalue weighted by Crippen LogP contribution is 2.48. The van der Waals surface area contributed by atoms with Crippen molar-refractivity contribution < 1.29 is 0 Å². The number of pyridine rings is 1. The summed E-state index contributed by atoms with van der Waals surface area (Å²) in [4.78, 5) is 7.32. The number of hydrogen-bond donors (Lipinski definition) is 0. The summed E-state index contributed by atoms with van der Waals surface area (Å²) in [6.45, 7) is 0. The number of rotatable bonds is 4. The Bertz CT molecular complexity index is 1810. The Balaban J connectivity index is 1.66. The van der Waals surface area contributed by atoms with Crippen molar-refractivity contribution in [3.8, 4) is 11.1 Å². The molecule has 0 amide bonds. The normalized spacial score (nSPS) is 11.2. The molecule has 0 spiro atoms. The van der Waals surface area contributed by atoms with Crippen LogP contribution in [0, 0.1) is 0 Å². The van der Waals surface area contributed by atoms with E-state index in [9.17, 15) is 0 Å². The van der Waals surface area contributed by atoms with Gasteiger partial charge in [0.25, 0.3) is 0 Å². The van der Waals surface area contributed by atoms with E-state index in [0.717, 1.165) is 22.6 Å². The lowest BCUT2D eigenvalue weighted by Crippen LogP contribution is -2.13. The summed E-state index contributed by atoms with van der Waals surface area (Å²) in [5.74, 6) is 0.923. The maximum atomic E-state index is 4.98. The van der Waals surface area contributed by atoms with Crippen LogP contribution in [0.25, 0.3) is 43.4 Å². The van der Waals surface area contributed by atoms with E-state index in [2.05, 4.69) is 144 Å². The molecule has 0 atom stereocenters. The lowest BCUT2D eigenvalue weighted by molar-refractivity contribution is 1.21. The third-order valence-electron chi connectivity index (χ3n) is 7.07. The third kappa shape index (κ3) is 3.54. The van der Waals surface area contributed by atoms with Crippen molar-refractivity contribution in [2.24, 2.45) is 0 Å². The van der Waals surface area contributed by atoms with Crippen molar-refractivity contribution in [1.29, 1.82) is 0 Å². The molecule has 1 heterocycles. The number of benzene rings is 6. The fourth-order valence-electron chi connectivity index (χ4n) is 5.48. The molecule has 0 aliphatic rings. The van der Waals surface area contributed by atoms with E-state index in [4.69, 9.17) is 4.98 Å². The summed E-state index contributed by atoms with van der Waals surface area (Å²) in [6, 6.07) is 49.4. The van der Waals surface area contributed by atoms with Gasteiger partial charge in [0, 0.05) is 28.0 Å². The van der Waals surface area contributed by atoms with E-state index in [-0.39, 0.29) is 0 Å². The van der Waals surface area contributed by atoms with Crippen molar-refractivity contribution >= 4 is 49.5 Å². The predicted molar refractivity (Wildman–Crippen MR) is 157 cm³/mol. The first kappa shape index (κ1) is 21.3.